The van der Waals surface area contributed by atoms with Gasteiger partial charge in [-0.2, -0.15) is 0 Å². The second-order valence-corrected chi connectivity index (χ2v) is 6.01. The second kappa shape index (κ2) is 7.87. The number of aliphatic hydroxyl groups is 1. The van der Waals surface area contributed by atoms with Gasteiger partial charge in [0.05, 0.1) is 16.8 Å². The zero-order chi connectivity index (χ0) is 15.2. The van der Waals surface area contributed by atoms with Crippen LogP contribution in [-0.2, 0) is 13.2 Å². The maximum absolute atomic E-state index is 9.27. The minimum atomic E-state index is -0.0203. The standard InChI is InChI=1S/C16H16ClIO3/c1-2-20-15-8-12(9-19)7-14(18)16(15)21-10-11-3-5-13(17)6-4-11/h3-8,19H,2,9-10H2,1H3. The van der Waals surface area contributed by atoms with E-state index >= 15 is 0 Å². The van der Waals surface area contributed by atoms with Crippen molar-refractivity contribution in [1.29, 1.82) is 0 Å². The molecule has 0 bridgehead atoms. The van der Waals surface area contributed by atoms with Crippen LogP contribution < -0.4 is 9.47 Å². The number of ether oxygens (including phenoxy) is 2. The number of halogens is 2. The van der Waals surface area contributed by atoms with Gasteiger partial charge in [0.2, 0.25) is 0 Å². The Morgan fingerprint density at radius 3 is 2.43 bits per heavy atom. The molecule has 0 spiro atoms. The van der Waals surface area contributed by atoms with E-state index in [2.05, 4.69) is 22.6 Å². The Morgan fingerprint density at radius 1 is 1.10 bits per heavy atom. The van der Waals surface area contributed by atoms with Crippen LogP contribution in [0.3, 0.4) is 0 Å². The third kappa shape index (κ3) is 4.49. The van der Waals surface area contributed by atoms with Crippen LogP contribution in [0.1, 0.15) is 18.1 Å². The van der Waals surface area contributed by atoms with Crippen LogP contribution in [0.15, 0.2) is 36.4 Å². The van der Waals surface area contributed by atoms with Crippen LogP contribution in [0.5, 0.6) is 11.5 Å². The highest BCUT2D eigenvalue weighted by atomic mass is 127. The van der Waals surface area contributed by atoms with Crippen molar-refractivity contribution in [2.24, 2.45) is 0 Å². The summed E-state index contributed by atoms with van der Waals surface area (Å²) in [5, 5.41) is 9.97. The summed E-state index contributed by atoms with van der Waals surface area (Å²) in [7, 11) is 0. The molecule has 0 aromatic heterocycles. The lowest BCUT2D eigenvalue weighted by atomic mass is 10.2. The maximum atomic E-state index is 9.27. The van der Waals surface area contributed by atoms with Gasteiger partial charge >= 0.3 is 0 Å². The van der Waals surface area contributed by atoms with Gasteiger partial charge in [-0.3, -0.25) is 0 Å². The van der Waals surface area contributed by atoms with E-state index in [0.717, 1.165) is 14.7 Å². The van der Waals surface area contributed by atoms with Gasteiger partial charge in [-0.1, -0.05) is 23.7 Å². The summed E-state index contributed by atoms with van der Waals surface area (Å²) in [6.07, 6.45) is 0. The smallest absolute Gasteiger partial charge is 0.174 e. The van der Waals surface area contributed by atoms with E-state index < -0.39 is 0 Å². The molecule has 0 aliphatic carbocycles. The van der Waals surface area contributed by atoms with Gasteiger partial charge in [0.1, 0.15) is 6.61 Å². The molecular formula is C16H16ClIO3. The van der Waals surface area contributed by atoms with E-state index in [0.29, 0.717) is 29.7 Å². The summed E-state index contributed by atoms with van der Waals surface area (Å²) in [4.78, 5) is 0. The Hall–Kier alpha value is -0.980. The first-order valence-electron chi connectivity index (χ1n) is 6.57. The fourth-order valence-electron chi connectivity index (χ4n) is 1.85. The third-order valence-corrected chi connectivity index (χ3v) is 3.90. The van der Waals surface area contributed by atoms with Gasteiger partial charge in [0, 0.05) is 5.02 Å². The molecule has 2 aromatic rings. The van der Waals surface area contributed by atoms with E-state index in [9.17, 15) is 5.11 Å². The first kappa shape index (κ1) is 16.4. The van der Waals surface area contributed by atoms with Crippen LogP contribution in [0.2, 0.25) is 5.02 Å². The Morgan fingerprint density at radius 2 is 1.81 bits per heavy atom. The minimum absolute atomic E-state index is 0.0203. The zero-order valence-corrected chi connectivity index (χ0v) is 14.5. The van der Waals surface area contributed by atoms with Gasteiger partial charge < -0.3 is 14.6 Å². The summed E-state index contributed by atoms with van der Waals surface area (Å²) in [6.45, 7) is 2.88. The van der Waals surface area contributed by atoms with Gasteiger partial charge in [0.15, 0.2) is 11.5 Å². The highest BCUT2D eigenvalue weighted by molar-refractivity contribution is 14.1. The molecule has 0 unspecified atom stereocenters. The Bertz CT molecular complexity index is 599. The lowest BCUT2D eigenvalue weighted by molar-refractivity contribution is 0.262. The van der Waals surface area contributed by atoms with Crippen molar-refractivity contribution in [2.45, 2.75) is 20.1 Å². The predicted molar refractivity (Wildman–Crippen MR) is 92.0 cm³/mol. The molecule has 2 rings (SSSR count). The molecule has 0 aliphatic heterocycles. The second-order valence-electron chi connectivity index (χ2n) is 4.41. The van der Waals surface area contributed by atoms with Gasteiger partial charge in [-0.15, -0.1) is 0 Å². The Balaban J connectivity index is 2.19. The molecule has 0 amide bonds. The molecule has 0 aliphatic rings. The van der Waals surface area contributed by atoms with Crippen LogP contribution in [0.25, 0.3) is 0 Å². The Labute approximate surface area is 143 Å². The summed E-state index contributed by atoms with van der Waals surface area (Å²) < 4.78 is 12.4. The molecule has 112 valence electrons. The topological polar surface area (TPSA) is 38.7 Å². The van der Waals surface area contributed by atoms with Crippen molar-refractivity contribution in [3.8, 4) is 11.5 Å². The molecule has 0 radical (unpaired) electrons. The summed E-state index contributed by atoms with van der Waals surface area (Å²) in [5.74, 6) is 1.35. The Kier molecular flexibility index (Phi) is 6.14. The molecular weight excluding hydrogens is 403 g/mol. The van der Waals surface area contributed by atoms with Crippen molar-refractivity contribution in [1.82, 2.24) is 0 Å². The SMILES string of the molecule is CCOc1cc(CO)cc(I)c1OCc1ccc(Cl)cc1. The quantitative estimate of drug-likeness (QED) is 0.706. The van der Waals surface area contributed by atoms with Crippen molar-refractivity contribution in [2.75, 3.05) is 6.61 Å². The first-order chi connectivity index (χ1) is 10.1. The van der Waals surface area contributed by atoms with E-state index in [1.807, 2.05) is 43.3 Å². The van der Waals surface area contributed by atoms with E-state index in [1.54, 1.807) is 0 Å². The number of hydrogen-bond acceptors (Lipinski definition) is 3. The zero-order valence-electron chi connectivity index (χ0n) is 11.6. The number of rotatable bonds is 6. The minimum Gasteiger partial charge on any atom is -0.490 e. The number of aliphatic hydroxyl groups excluding tert-OH is 1. The molecule has 5 heteroatoms. The largest absolute Gasteiger partial charge is 0.490 e. The van der Waals surface area contributed by atoms with Crippen molar-refractivity contribution in [3.63, 3.8) is 0 Å². The van der Waals surface area contributed by atoms with E-state index in [1.165, 1.54) is 0 Å². The molecule has 2 aromatic carbocycles. The predicted octanol–water partition coefficient (Wildman–Crippen LogP) is 4.41. The van der Waals surface area contributed by atoms with Gasteiger partial charge in [0.25, 0.3) is 0 Å². The van der Waals surface area contributed by atoms with E-state index in [4.69, 9.17) is 21.1 Å². The average Bonchev–Trinajstić information content (AvgIpc) is 2.48. The van der Waals surface area contributed by atoms with Gasteiger partial charge in [-0.25, -0.2) is 0 Å². The van der Waals surface area contributed by atoms with Crippen LogP contribution in [0, 0.1) is 3.57 Å². The first-order valence-corrected chi connectivity index (χ1v) is 8.03. The normalized spacial score (nSPS) is 10.5. The lowest BCUT2D eigenvalue weighted by Crippen LogP contribution is -2.02. The highest BCUT2D eigenvalue weighted by Crippen LogP contribution is 2.35. The highest BCUT2D eigenvalue weighted by Gasteiger charge is 2.12. The van der Waals surface area contributed by atoms with Crippen molar-refractivity contribution in [3.05, 3.63) is 56.1 Å². The molecule has 3 nitrogen and oxygen atoms in total. The van der Waals surface area contributed by atoms with Crippen molar-refractivity contribution >= 4 is 34.2 Å². The molecule has 1 N–H and O–H groups in total. The molecule has 21 heavy (non-hydrogen) atoms. The van der Waals surface area contributed by atoms with Gasteiger partial charge in [-0.05, 0) is 64.9 Å². The summed E-state index contributed by atoms with van der Waals surface area (Å²) >= 11 is 8.05. The fourth-order valence-corrected chi connectivity index (χ4v) is 2.80. The maximum Gasteiger partial charge on any atom is 0.174 e. The summed E-state index contributed by atoms with van der Waals surface area (Å²) in [6, 6.07) is 11.2. The molecule has 0 atom stereocenters. The number of benzene rings is 2. The number of hydrogen-bond donors (Lipinski definition) is 1. The lowest BCUT2D eigenvalue weighted by Gasteiger charge is -2.15. The monoisotopic (exact) mass is 418 g/mol. The van der Waals surface area contributed by atoms with Crippen LogP contribution >= 0.6 is 34.2 Å². The van der Waals surface area contributed by atoms with Crippen molar-refractivity contribution < 1.29 is 14.6 Å². The van der Waals surface area contributed by atoms with Crippen LogP contribution in [0.4, 0.5) is 0 Å². The average molecular weight is 419 g/mol. The summed E-state index contributed by atoms with van der Waals surface area (Å²) in [5.41, 5.74) is 1.84. The van der Waals surface area contributed by atoms with E-state index in [-0.39, 0.29) is 6.61 Å². The third-order valence-electron chi connectivity index (χ3n) is 2.85. The molecule has 0 saturated heterocycles. The fraction of sp³-hybridized carbons (Fsp3) is 0.250. The molecule has 0 saturated carbocycles. The van der Waals surface area contributed by atoms with Crippen LogP contribution in [-0.4, -0.2) is 11.7 Å². The molecule has 0 heterocycles. The molecule has 0 fully saturated rings.